The maximum absolute atomic E-state index is 12.4. The van der Waals surface area contributed by atoms with Gasteiger partial charge in [-0.15, -0.1) is 0 Å². The Morgan fingerprint density at radius 2 is 1.88 bits per heavy atom. The molecular weight excluding hydrogens is 429 g/mol. The summed E-state index contributed by atoms with van der Waals surface area (Å²) in [7, 11) is 0.323. The Morgan fingerprint density at radius 1 is 1.15 bits per heavy atom. The van der Waals surface area contributed by atoms with E-state index in [1.807, 2.05) is 0 Å². The standard InChI is InChI=1S/C20H22BN7O5/c1-21-14(29)7-6-13(19(32)33)26-17(30)10-2-4-11(5-3-10)23-8-12-9-24-16-15(25-12)18(31)28-20(22)27-16/h2-5,9,13,21,23H,6-8H2,1H3,(H,26,30)(H,32,33)(H3,22,24,27,28,31). The van der Waals surface area contributed by atoms with Crippen LogP contribution in [0.3, 0.4) is 0 Å². The van der Waals surface area contributed by atoms with Crippen molar-refractivity contribution in [3.63, 3.8) is 0 Å². The molecule has 0 radical (unpaired) electrons. The van der Waals surface area contributed by atoms with E-state index < -0.39 is 17.9 Å². The number of carboxylic acid groups (broad SMARTS) is 1. The number of aromatic nitrogens is 4. The molecule has 6 N–H and O–H groups in total. The number of fused-ring (bicyclic) bond motifs is 1. The Morgan fingerprint density at radius 3 is 2.55 bits per heavy atom. The highest BCUT2D eigenvalue weighted by Crippen LogP contribution is 2.19. The van der Waals surface area contributed by atoms with Crippen LogP contribution >= 0.6 is 0 Å². The first-order chi connectivity index (χ1) is 15.8. The number of hydrogen-bond acceptors (Lipinski definition) is 10. The average Bonchev–Trinajstić information content (AvgIpc) is 2.80. The minimum atomic E-state index is -1.19. The zero-order chi connectivity index (χ0) is 24.0. The van der Waals surface area contributed by atoms with Gasteiger partial charge in [0.25, 0.3) is 5.91 Å². The lowest BCUT2D eigenvalue weighted by atomic mass is 9.74. The molecule has 0 aliphatic carbocycles. The molecule has 12 nitrogen and oxygen atoms in total. The van der Waals surface area contributed by atoms with Crippen molar-refractivity contribution < 1.29 is 24.6 Å². The molecular formula is C20H22BN7O5. The van der Waals surface area contributed by atoms with Gasteiger partial charge < -0.3 is 31.4 Å². The van der Waals surface area contributed by atoms with Gasteiger partial charge in [0.1, 0.15) is 6.04 Å². The van der Waals surface area contributed by atoms with Crippen LogP contribution in [0.1, 0.15) is 28.9 Å². The molecule has 0 spiro atoms. The van der Waals surface area contributed by atoms with Crippen molar-refractivity contribution in [2.75, 3.05) is 11.1 Å². The second kappa shape index (κ2) is 10.4. The number of rotatable bonds is 10. The Bertz CT molecular complexity index is 1190. The zero-order valence-corrected chi connectivity index (χ0v) is 17.8. The van der Waals surface area contributed by atoms with E-state index in [4.69, 9.17) is 5.73 Å². The highest BCUT2D eigenvalue weighted by Gasteiger charge is 2.21. The molecule has 1 aromatic carbocycles. The van der Waals surface area contributed by atoms with Gasteiger partial charge >= 0.3 is 5.97 Å². The lowest BCUT2D eigenvalue weighted by Crippen LogP contribution is -2.41. The molecule has 0 aliphatic heterocycles. The average molecular weight is 451 g/mol. The summed E-state index contributed by atoms with van der Waals surface area (Å²) in [5.41, 5.74) is 7.18. The third-order valence-corrected chi connectivity index (χ3v) is 4.79. The third-order valence-electron chi connectivity index (χ3n) is 4.79. The molecule has 0 saturated heterocycles. The molecule has 0 aliphatic rings. The van der Waals surface area contributed by atoms with Gasteiger partial charge in [-0.05, 0) is 37.1 Å². The minimum absolute atomic E-state index is 0.0351. The maximum atomic E-state index is 12.4. The summed E-state index contributed by atoms with van der Waals surface area (Å²) in [4.78, 5) is 51.2. The van der Waals surface area contributed by atoms with Gasteiger partial charge in [-0.2, -0.15) is 9.97 Å². The number of aliphatic carboxylic acids is 1. The first-order valence-electron chi connectivity index (χ1n) is 10.1. The Balaban J connectivity index is 1.60. The van der Waals surface area contributed by atoms with Gasteiger partial charge in [0, 0.05) is 11.3 Å². The summed E-state index contributed by atoms with van der Waals surface area (Å²) in [5, 5.41) is 24.7. The monoisotopic (exact) mass is 451 g/mol. The number of benzene rings is 1. The number of carboxylic acids is 1. The van der Waals surface area contributed by atoms with Crippen LogP contribution in [0.5, 0.6) is 5.88 Å². The predicted molar refractivity (Wildman–Crippen MR) is 121 cm³/mol. The summed E-state index contributed by atoms with van der Waals surface area (Å²) >= 11 is 0. The molecule has 170 valence electrons. The van der Waals surface area contributed by atoms with E-state index in [0.29, 0.717) is 18.7 Å². The summed E-state index contributed by atoms with van der Waals surface area (Å²) in [5.74, 6) is -2.21. The first kappa shape index (κ1) is 23.4. The van der Waals surface area contributed by atoms with E-state index in [2.05, 4.69) is 30.6 Å². The highest BCUT2D eigenvalue weighted by molar-refractivity contribution is 6.72. The van der Waals surface area contributed by atoms with Crippen molar-refractivity contribution in [1.82, 2.24) is 25.3 Å². The van der Waals surface area contributed by atoms with Gasteiger partial charge in [-0.25, -0.2) is 14.8 Å². The number of amides is 1. The molecule has 0 fully saturated rings. The molecule has 3 rings (SSSR count). The quantitative estimate of drug-likeness (QED) is 0.266. The van der Waals surface area contributed by atoms with E-state index in [0.717, 1.165) is 0 Å². The number of nitrogens with zero attached hydrogens (tertiary/aromatic N) is 4. The fraction of sp³-hybridized carbons (Fsp3) is 0.250. The summed E-state index contributed by atoms with van der Waals surface area (Å²) in [6, 6.07) is 5.25. The lowest BCUT2D eigenvalue weighted by Gasteiger charge is -2.14. The van der Waals surface area contributed by atoms with Gasteiger partial charge in [0.15, 0.2) is 11.2 Å². The van der Waals surface area contributed by atoms with Crippen LogP contribution in [0.25, 0.3) is 11.2 Å². The Hall–Kier alpha value is -4.29. The van der Waals surface area contributed by atoms with Crippen molar-refractivity contribution in [3.05, 3.63) is 41.7 Å². The van der Waals surface area contributed by atoms with Crippen LogP contribution in [-0.4, -0.2) is 61.0 Å². The van der Waals surface area contributed by atoms with Crippen LogP contribution < -0.4 is 16.4 Å². The molecule has 1 unspecified atom stereocenters. The fourth-order valence-electron chi connectivity index (χ4n) is 2.94. The molecule has 0 bridgehead atoms. The van der Waals surface area contributed by atoms with E-state index >= 15 is 0 Å². The number of carbonyl (C=O) groups is 3. The zero-order valence-electron chi connectivity index (χ0n) is 17.8. The van der Waals surface area contributed by atoms with Crippen molar-refractivity contribution >= 4 is 47.6 Å². The predicted octanol–water partition coefficient (Wildman–Crippen LogP) is 0.294. The van der Waals surface area contributed by atoms with Crippen LogP contribution in [0.2, 0.25) is 6.82 Å². The van der Waals surface area contributed by atoms with Gasteiger partial charge in [0.2, 0.25) is 19.1 Å². The number of nitrogen functional groups attached to an aromatic ring is 1. The number of aromatic hydroxyl groups is 1. The van der Waals surface area contributed by atoms with Crippen LogP contribution in [0, 0.1) is 0 Å². The minimum Gasteiger partial charge on any atom is -0.492 e. The Kier molecular flexibility index (Phi) is 7.33. The van der Waals surface area contributed by atoms with Crippen molar-refractivity contribution in [2.24, 2.45) is 0 Å². The van der Waals surface area contributed by atoms with Crippen LogP contribution in [0.15, 0.2) is 30.5 Å². The lowest BCUT2D eigenvalue weighted by molar-refractivity contribution is -0.139. The molecule has 0 saturated carbocycles. The smallest absolute Gasteiger partial charge is 0.326 e. The van der Waals surface area contributed by atoms with Crippen molar-refractivity contribution in [3.8, 4) is 5.88 Å². The molecule has 3 aromatic rings. The number of hydrogen-bond donors (Lipinski definition) is 5. The van der Waals surface area contributed by atoms with E-state index in [1.165, 1.54) is 6.20 Å². The Labute approximate surface area is 188 Å². The van der Waals surface area contributed by atoms with Crippen LogP contribution in [-0.2, 0) is 16.1 Å². The summed E-state index contributed by atoms with van der Waals surface area (Å²) in [6.45, 7) is 1.97. The van der Waals surface area contributed by atoms with E-state index in [-0.39, 0.29) is 53.6 Å². The molecule has 2 heterocycles. The molecule has 13 heteroatoms. The largest absolute Gasteiger partial charge is 0.492 e. The van der Waals surface area contributed by atoms with Crippen molar-refractivity contribution in [1.29, 1.82) is 0 Å². The third kappa shape index (κ3) is 6.12. The number of nitrogens with one attached hydrogen (secondary N) is 2. The van der Waals surface area contributed by atoms with Crippen LogP contribution in [0.4, 0.5) is 11.6 Å². The van der Waals surface area contributed by atoms with Gasteiger partial charge in [-0.1, -0.05) is 6.82 Å². The summed E-state index contributed by atoms with van der Waals surface area (Å²) < 4.78 is 0. The van der Waals surface area contributed by atoms with E-state index in [9.17, 15) is 24.6 Å². The number of carbonyl (C=O) groups excluding carboxylic acids is 2. The fourth-order valence-corrected chi connectivity index (χ4v) is 2.94. The highest BCUT2D eigenvalue weighted by atomic mass is 16.4. The normalized spacial score (nSPS) is 11.5. The van der Waals surface area contributed by atoms with Gasteiger partial charge in [-0.3, -0.25) is 4.79 Å². The van der Waals surface area contributed by atoms with Crippen molar-refractivity contribution in [2.45, 2.75) is 32.3 Å². The molecule has 33 heavy (non-hydrogen) atoms. The topological polar surface area (TPSA) is 193 Å². The first-order valence-corrected chi connectivity index (χ1v) is 10.1. The maximum Gasteiger partial charge on any atom is 0.326 e. The molecule has 2 aromatic heterocycles. The number of nitrogens with two attached hydrogens (primary N) is 1. The summed E-state index contributed by atoms with van der Waals surface area (Å²) in [6.07, 6.45) is 1.61. The molecule has 1 amide bonds. The SMILES string of the molecule is CBC(=O)CCC(NC(=O)c1ccc(NCc2cnc3nc(N)nc(O)c3n2)cc1)C(=O)O. The second-order valence-corrected chi connectivity index (χ2v) is 7.17. The van der Waals surface area contributed by atoms with E-state index in [1.54, 1.807) is 31.1 Å². The number of anilines is 2. The van der Waals surface area contributed by atoms with Gasteiger partial charge in [0.05, 0.1) is 24.1 Å². The second-order valence-electron chi connectivity index (χ2n) is 7.17. The molecule has 1 atom stereocenters.